The molecule has 1 aliphatic rings. The van der Waals surface area contributed by atoms with Gasteiger partial charge in [-0.2, -0.15) is 0 Å². The van der Waals surface area contributed by atoms with E-state index < -0.39 is 22.0 Å². The summed E-state index contributed by atoms with van der Waals surface area (Å²) in [6, 6.07) is 20.5. The molecule has 1 aliphatic heterocycles. The number of hydrogen-bond donors (Lipinski definition) is 2. The third-order valence-corrected chi connectivity index (χ3v) is 7.25. The van der Waals surface area contributed by atoms with Crippen LogP contribution in [-0.2, 0) is 14.8 Å². The molecule has 0 bridgehead atoms. The Kier molecular flexibility index (Phi) is 7.46. The molecule has 0 saturated carbocycles. The van der Waals surface area contributed by atoms with Crippen LogP contribution in [0.15, 0.2) is 83.4 Å². The number of benzene rings is 2. The first kappa shape index (κ1) is 27.2. The molecule has 0 amide bonds. The molecule has 2 aromatic carbocycles. The van der Waals surface area contributed by atoms with E-state index in [-0.39, 0.29) is 11.7 Å². The largest absolute Gasteiger partial charge is 0.495 e. The van der Waals surface area contributed by atoms with E-state index in [4.69, 9.17) is 26.1 Å². The zero-order valence-electron chi connectivity index (χ0n) is 21.8. The number of esters is 1. The minimum atomic E-state index is -3.58. The second-order valence-corrected chi connectivity index (χ2v) is 11.2. The molecule has 0 spiro atoms. The van der Waals surface area contributed by atoms with Crippen LogP contribution in [0.4, 0.5) is 11.4 Å². The summed E-state index contributed by atoms with van der Waals surface area (Å²) in [5, 5.41) is 3.75. The minimum absolute atomic E-state index is 0.269. The Labute approximate surface area is 237 Å². The van der Waals surface area contributed by atoms with Gasteiger partial charge in [0.15, 0.2) is 5.11 Å². The lowest BCUT2D eigenvalue weighted by molar-refractivity contribution is 0.0600. The van der Waals surface area contributed by atoms with Gasteiger partial charge in [-0.3, -0.25) is 9.71 Å². The summed E-state index contributed by atoms with van der Waals surface area (Å²) < 4.78 is 43.2. The summed E-state index contributed by atoms with van der Waals surface area (Å²) in [6.45, 7) is 0. The topological polar surface area (TPSA) is 123 Å². The lowest BCUT2D eigenvalue weighted by Gasteiger charge is -2.27. The zero-order valence-corrected chi connectivity index (χ0v) is 23.5. The van der Waals surface area contributed by atoms with Crippen LogP contribution in [0.5, 0.6) is 5.75 Å². The number of methoxy groups -OCH3 is 2. The first-order chi connectivity index (χ1) is 19.2. The smallest absolute Gasteiger partial charge is 0.337 e. The molecule has 5 rings (SSSR count). The van der Waals surface area contributed by atoms with E-state index in [2.05, 4.69) is 15.0 Å². The molecular weight excluding hydrogens is 552 g/mol. The summed E-state index contributed by atoms with van der Waals surface area (Å²) in [5.74, 6) is 1.04. The summed E-state index contributed by atoms with van der Waals surface area (Å²) >= 11 is 5.77. The van der Waals surface area contributed by atoms with Crippen LogP contribution in [0.25, 0.3) is 11.3 Å². The molecular formula is C28H26N4O6S2. The molecule has 0 aliphatic carbocycles. The Morgan fingerprint density at radius 2 is 1.90 bits per heavy atom. The van der Waals surface area contributed by atoms with Gasteiger partial charge >= 0.3 is 5.97 Å². The summed E-state index contributed by atoms with van der Waals surface area (Å²) in [7, 11) is -0.786. The highest BCUT2D eigenvalue weighted by Gasteiger charge is 2.43. The number of hydrogen-bond acceptors (Lipinski definition) is 8. The minimum Gasteiger partial charge on any atom is -0.495 e. The number of sulfonamides is 1. The van der Waals surface area contributed by atoms with Crippen molar-refractivity contribution in [1.82, 2.24) is 10.3 Å². The number of nitrogens with one attached hydrogen (secondary N) is 2. The van der Waals surface area contributed by atoms with Crippen molar-refractivity contribution in [3.63, 3.8) is 0 Å². The number of aromatic nitrogens is 1. The van der Waals surface area contributed by atoms with Crippen molar-refractivity contribution in [2.75, 3.05) is 30.1 Å². The molecule has 40 heavy (non-hydrogen) atoms. The van der Waals surface area contributed by atoms with Crippen LogP contribution in [0.3, 0.4) is 0 Å². The maximum absolute atomic E-state index is 12.1. The fourth-order valence-corrected chi connectivity index (χ4v) is 5.54. The maximum Gasteiger partial charge on any atom is 0.337 e. The molecule has 2 unspecified atom stereocenters. The van der Waals surface area contributed by atoms with Gasteiger partial charge in [-0.05, 0) is 66.8 Å². The van der Waals surface area contributed by atoms with Gasteiger partial charge in [0.25, 0.3) is 0 Å². The molecule has 4 aromatic rings. The molecule has 2 aromatic heterocycles. The Hall–Kier alpha value is -4.42. The van der Waals surface area contributed by atoms with Crippen LogP contribution in [0.2, 0.25) is 0 Å². The Bertz CT molecular complexity index is 1670. The number of carbonyl (C=O) groups is 1. The molecule has 3 heterocycles. The van der Waals surface area contributed by atoms with E-state index in [0.717, 1.165) is 11.9 Å². The van der Waals surface area contributed by atoms with Crippen molar-refractivity contribution in [3.8, 4) is 17.1 Å². The molecule has 10 nitrogen and oxygen atoms in total. The van der Waals surface area contributed by atoms with Crippen molar-refractivity contribution < 1.29 is 27.1 Å². The van der Waals surface area contributed by atoms with Gasteiger partial charge in [-0.1, -0.05) is 18.2 Å². The second kappa shape index (κ2) is 11.0. The fraction of sp³-hybridized carbons (Fsp3) is 0.179. The lowest BCUT2D eigenvalue weighted by Crippen LogP contribution is -2.29. The third-order valence-electron chi connectivity index (χ3n) is 6.34. The van der Waals surface area contributed by atoms with Gasteiger partial charge in [0.05, 0.1) is 43.5 Å². The quantitative estimate of drug-likeness (QED) is 0.225. The Morgan fingerprint density at radius 1 is 1.07 bits per heavy atom. The number of nitrogens with zero attached hydrogens (tertiary/aromatic N) is 2. The van der Waals surface area contributed by atoms with Gasteiger partial charge in [0.2, 0.25) is 10.0 Å². The Morgan fingerprint density at radius 3 is 2.60 bits per heavy atom. The molecule has 206 valence electrons. The first-order valence-corrected chi connectivity index (χ1v) is 14.4. The molecule has 0 radical (unpaired) electrons. The first-order valence-electron chi connectivity index (χ1n) is 12.1. The monoisotopic (exact) mass is 578 g/mol. The standard InChI is InChI=1S/C28H26N4O6S2/c1-36-23-11-10-19(16-21(23)31-40(3,34)35)32-26(25(30-28(32)39)20-9-4-5-14-29-20)24-13-12-22(38-24)17-7-6-8-18(15-17)27(33)37-2/h4-16,25-26,31H,1-3H3,(H,30,39). The number of carbonyl (C=O) groups excluding carboxylic acids is 1. The van der Waals surface area contributed by atoms with Crippen LogP contribution in [-0.4, -0.2) is 45.0 Å². The highest BCUT2D eigenvalue weighted by atomic mass is 32.2. The summed E-state index contributed by atoms with van der Waals surface area (Å²) in [6.07, 6.45) is 2.77. The van der Waals surface area contributed by atoms with Crippen LogP contribution in [0.1, 0.15) is 33.9 Å². The van der Waals surface area contributed by atoms with E-state index in [1.807, 2.05) is 41.3 Å². The van der Waals surface area contributed by atoms with Crippen molar-refractivity contribution >= 4 is 44.7 Å². The van der Waals surface area contributed by atoms with E-state index in [1.165, 1.54) is 14.2 Å². The molecule has 1 saturated heterocycles. The van der Waals surface area contributed by atoms with Gasteiger partial charge in [0.1, 0.15) is 23.3 Å². The normalized spacial score (nSPS) is 16.9. The highest BCUT2D eigenvalue weighted by molar-refractivity contribution is 7.92. The van der Waals surface area contributed by atoms with Crippen LogP contribution in [0, 0.1) is 0 Å². The van der Waals surface area contributed by atoms with Gasteiger partial charge < -0.3 is 24.1 Å². The summed E-state index contributed by atoms with van der Waals surface area (Å²) in [5.41, 5.74) is 2.72. The van der Waals surface area contributed by atoms with E-state index >= 15 is 0 Å². The fourth-order valence-electron chi connectivity index (χ4n) is 4.63. The van der Waals surface area contributed by atoms with Crippen molar-refractivity contribution in [3.05, 3.63) is 96.0 Å². The molecule has 2 atom stereocenters. The number of furan rings is 1. The number of rotatable bonds is 8. The van der Waals surface area contributed by atoms with E-state index in [0.29, 0.717) is 39.2 Å². The highest BCUT2D eigenvalue weighted by Crippen LogP contribution is 2.44. The lowest BCUT2D eigenvalue weighted by atomic mass is 10.0. The average molecular weight is 579 g/mol. The predicted octanol–water partition coefficient (Wildman–Crippen LogP) is 4.69. The van der Waals surface area contributed by atoms with E-state index in [1.54, 1.807) is 42.6 Å². The van der Waals surface area contributed by atoms with Crippen molar-refractivity contribution in [1.29, 1.82) is 0 Å². The molecule has 12 heteroatoms. The average Bonchev–Trinajstić information content (AvgIpc) is 3.57. The summed E-state index contributed by atoms with van der Waals surface area (Å²) in [4.78, 5) is 18.5. The van der Waals surface area contributed by atoms with Crippen molar-refractivity contribution in [2.45, 2.75) is 12.1 Å². The van der Waals surface area contributed by atoms with Crippen LogP contribution < -0.4 is 19.7 Å². The number of thiocarbonyl (C=S) groups is 1. The van der Waals surface area contributed by atoms with Crippen LogP contribution >= 0.6 is 12.2 Å². The second-order valence-electron chi connectivity index (χ2n) is 9.03. The maximum atomic E-state index is 12.1. The third kappa shape index (κ3) is 5.49. The predicted molar refractivity (Wildman–Crippen MR) is 155 cm³/mol. The molecule has 2 N–H and O–H groups in total. The number of ether oxygens (including phenoxy) is 2. The van der Waals surface area contributed by atoms with Gasteiger partial charge in [-0.25, -0.2) is 13.2 Å². The van der Waals surface area contributed by atoms with Gasteiger partial charge in [-0.15, -0.1) is 0 Å². The number of anilines is 2. The Balaban J connectivity index is 1.60. The zero-order chi connectivity index (χ0) is 28.4. The number of pyridine rings is 1. The van der Waals surface area contributed by atoms with Crippen molar-refractivity contribution in [2.24, 2.45) is 0 Å². The van der Waals surface area contributed by atoms with Gasteiger partial charge in [0, 0.05) is 17.4 Å². The SMILES string of the molecule is COC(=O)c1cccc(-c2ccc(C3C(c4ccccn4)NC(=S)N3c3ccc(OC)c(NS(C)(=O)=O)c3)o2)c1. The van der Waals surface area contributed by atoms with E-state index in [9.17, 15) is 13.2 Å². The molecule has 1 fully saturated rings.